The highest BCUT2D eigenvalue weighted by Crippen LogP contribution is 2.09. The molecule has 0 aliphatic carbocycles. The maximum Gasteiger partial charge on any atom is 0.270 e. The first-order valence-corrected chi connectivity index (χ1v) is 6.59. The first-order valence-electron chi connectivity index (χ1n) is 6.59. The number of rotatable bonds is 6. The highest BCUT2D eigenvalue weighted by Gasteiger charge is 2.14. The molecule has 100 valence electrons. The quantitative estimate of drug-likeness (QED) is 0.815. The van der Waals surface area contributed by atoms with Crippen LogP contribution in [0.1, 0.15) is 44.6 Å². The number of amides is 1. The smallest absolute Gasteiger partial charge is 0.270 e. The fourth-order valence-corrected chi connectivity index (χ4v) is 1.61. The van der Waals surface area contributed by atoms with E-state index in [1.54, 1.807) is 12.3 Å². The molecule has 0 radical (unpaired) electrons. The van der Waals surface area contributed by atoms with E-state index in [2.05, 4.69) is 29.5 Å². The Balaban J connectivity index is 2.61. The van der Waals surface area contributed by atoms with Gasteiger partial charge in [-0.25, -0.2) is 4.98 Å². The van der Waals surface area contributed by atoms with Crippen LogP contribution >= 0.6 is 0 Å². The minimum absolute atomic E-state index is 0.106. The minimum Gasteiger partial charge on any atom is -0.384 e. The molecule has 2 unspecified atom stereocenters. The predicted molar refractivity (Wildman–Crippen MR) is 74.8 cm³/mol. The van der Waals surface area contributed by atoms with Crippen LogP contribution in [0.25, 0.3) is 0 Å². The summed E-state index contributed by atoms with van der Waals surface area (Å²) in [4.78, 5) is 16.1. The van der Waals surface area contributed by atoms with Gasteiger partial charge < -0.3 is 10.6 Å². The Morgan fingerprint density at radius 1 is 1.33 bits per heavy atom. The zero-order valence-corrected chi connectivity index (χ0v) is 11.7. The molecule has 4 heteroatoms. The number of aromatic nitrogens is 1. The molecule has 18 heavy (non-hydrogen) atoms. The highest BCUT2D eigenvalue weighted by atomic mass is 16.1. The van der Waals surface area contributed by atoms with E-state index < -0.39 is 0 Å². The zero-order chi connectivity index (χ0) is 13.5. The van der Waals surface area contributed by atoms with Gasteiger partial charge in [0.05, 0.1) is 11.9 Å². The fourth-order valence-electron chi connectivity index (χ4n) is 1.61. The van der Waals surface area contributed by atoms with Crippen LogP contribution in [-0.4, -0.2) is 23.5 Å². The molecule has 0 spiro atoms. The van der Waals surface area contributed by atoms with Crippen molar-refractivity contribution in [3.8, 4) is 0 Å². The van der Waals surface area contributed by atoms with Gasteiger partial charge >= 0.3 is 0 Å². The Morgan fingerprint density at radius 3 is 2.56 bits per heavy atom. The van der Waals surface area contributed by atoms with Crippen molar-refractivity contribution in [1.82, 2.24) is 10.3 Å². The normalized spacial score (nSPS) is 13.8. The summed E-state index contributed by atoms with van der Waals surface area (Å²) in [5.41, 5.74) is 1.40. The van der Waals surface area contributed by atoms with Gasteiger partial charge in [-0.05, 0) is 31.9 Å². The van der Waals surface area contributed by atoms with Crippen molar-refractivity contribution < 1.29 is 4.79 Å². The van der Waals surface area contributed by atoms with Gasteiger partial charge in [0.15, 0.2) is 0 Å². The Labute approximate surface area is 109 Å². The van der Waals surface area contributed by atoms with Gasteiger partial charge in [-0.2, -0.15) is 0 Å². The fraction of sp³-hybridized carbons (Fsp3) is 0.571. The molecule has 2 atom stereocenters. The first kappa shape index (κ1) is 14.5. The molecule has 0 saturated carbocycles. The summed E-state index contributed by atoms with van der Waals surface area (Å²) in [6, 6.07) is 3.79. The molecule has 1 aromatic rings. The van der Waals surface area contributed by atoms with Crippen LogP contribution in [0.3, 0.4) is 0 Å². The van der Waals surface area contributed by atoms with Gasteiger partial charge in [0, 0.05) is 12.6 Å². The average Bonchev–Trinajstić information content (AvgIpc) is 2.38. The van der Waals surface area contributed by atoms with E-state index in [1.165, 1.54) is 0 Å². The molecule has 1 aromatic heterocycles. The summed E-state index contributed by atoms with van der Waals surface area (Å²) >= 11 is 0. The van der Waals surface area contributed by atoms with Crippen molar-refractivity contribution in [1.29, 1.82) is 0 Å². The second-order valence-electron chi connectivity index (χ2n) is 4.61. The van der Waals surface area contributed by atoms with Crippen molar-refractivity contribution in [2.24, 2.45) is 5.92 Å². The van der Waals surface area contributed by atoms with Crippen molar-refractivity contribution >= 4 is 11.6 Å². The van der Waals surface area contributed by atoms with Crippen LogP contribution in [0.4, 0.5) is 5.69 Å². The second kappa shape index (κ2) is 6.99. The third-order valence-electron chi connectivity index (χ3n) is 3.23. The number of carbonyl (C=O) groups excluding carboxylic acids is 1. The molecule has 4 nitrogen and oxygen atoms in total. The Morgan fingerprint density at radius 2 is 2.06 bits per heavy atom. The Hall–Kier alpha value is -1.58. The van der Waals surface area contributed by atoms with Crippen LogP contribution in [0, 0.1) is 5.92 Å². The molecule has 0 aliphatic rings. The van der Waals surface area contributed by atoms with Crippen molar-refractivity contribution in [2.45, 2.75) is 40.2 Å². The molecule has 0 fully saturated rings. The van der Waals surface area contributed by atoms with Crippen molar-refractivity contribution in [3.63, 3.8) is 0 Å². The van der Waals surface area contributed by atoms with Crippen molar-refractivity contribution in [2.75, 3.05) is 11.9 Å². The summed E-state index contributed by atoms with van der Waals surface area (Å²) in [5.74, 6) is 0.362. The van der Waals surface area contributed by atoms with E-state index in [-0.39, 0.29) is 11.9 Å². The molecule has 1 rings (SSSR count). The third-order valence-corrected chi connectivity index (χ3v) is 3.23. The van der Waals surface area contributed by atoms with Gasteiger partial charge in [-0.1, -0.05) is 20.3 Å². The molecule has 2 N–H and O–H groups in total. The summed E-state index contributed by atoms with van der Waals surface area (Å²) in [6.45, 7) is 9.15. The van der Waals surface area contributed by atoms with Gasteiger partial charge in [0.25, 0.3) is 5.91 Å². The van der Waals surface area contributed by atoms with Crippen LogP contribution in [0.15, 0.2) is 18.3 Å². The lowest BCUT2D eigenvalue weighted by Crippen LogP contribution is -2.37. The van der Waals surface area contributed by atoms with Gasteiger partial charge in [-0.15, -0.1) is 0 Å². The van der Waals surface area contributed by atoms with Gasteiger partial charge in [-0.3, -0.25) is 4.79 Å². The Bertz CT molecular complexity index is 375. The van der Waals surface area contributed by atoms with E-state index in [9.17, 15) is 4.79 Å². The molecule has 0 aromatic carbocycles. The van der Waals surface area contributed by atoms with Gasteiger partial charge in [0.2, 0.25) is 0 Å². The molecule has 1 amide bonds. The summed E-state index contributed by atoms with van der Waals surface area (Å²) in [7, 11) is 0. The van der Waals surface area contributed by atoms with Crippen molar-refractivity contribution in [3.05, 3.63) is 24.0 Å². The monoisotopic (exact) mass is 249 g/mol. The largest absolute Gasteiger partial charge is 0.384 e. The number of hydrogen-bond donors (Lipinski definition) is 2. The molecule has 1 heterocycles. The molecule has 0 saturated heterocycles. The number of carbonyl (C=O) groups is 1. The van der Waals surface area contributed by atoms with E-state index >= 15 is 0 Å². The number of hydrogen-bond acceptors (Lipinski definition) is 3. The van der Waals surface area contributed by atoms with Crippen LogP contribution in [0.5, 0.6) is 0 Å². The lowest BCUT2D eigenvalue weighted by Gasteiger charge is -2.19. The van der Waals surface area contributed by atoms with Crippen LogP contribution < -0.4 is 10.6 Å². The number of pyridine rings is 1. The average molecular weight is 249 g/mol. The zero-order valence-electron chi connectivity index (χ0n) is 11.7. The highest BCUT2D eigenvalue weighted by molar-refractivity contribution is 5.92. The maximum absolute atomic E-state index is 12.0. The molecular formula is C14H23N3O. The minimum atomic E-state index is -0.106. The SMILES string of the molecule is CCNc1ccc(C(=O)NC(C)C(C)CC)nc1. The molecule has 0 aliphatic heterocycles. The number of nitrogens with one attached hydrogen (secondary N) is 2. The summed E-state index contributed by atoms with van der Waals surface area (Å²) in [6.07, 6.45) is 2.74. The first-order chi connectivity index (χ1) is 8.58. The standard InChI is InChI=1S/C14H23N3O/c1-5-10(3)11(4)17-14(18)13-8-7-12(9-16-13)15-6-2/h7-11,15H,5-6H2,1-4H3,(H,17,18). The lowest BCUT2D eigenvalue weighted by atomic mass is 10.0. The topological polar surface area (TPSA) is 54.0 Å². The Kier molecular flexibility index (Phi) is 5.62. The second-order valence-corrected chi connectivity index (χ2v) is 4.61. The van der Waals surface area contributed by atoms with Gasteiger partial charge in [0.1, 0.15) is 5.69 Å². The van der Waals surface area contributed by atoms with E-state index in [0.29, 0.717) is 11.6 Å². The number of anilines is 1. The van der Waals surface area contributed by atoms with E-state index in [0.717, 1.165) is 18.7 Å². The molecule has 0 bridgehead atoms. The van der Waals surface area contributed by atoms with Crippen LogP contribution in [0.2, 0.25) is 0 Å². The summed E-state index contributed by atoms with van der Waals surface area (Å²) < 4.78 is 0. The van der Waals surface area contributed by atoms with E-state index in [1.807, 2.05) is 19.9 Å². The van der Waals surface area contributed by atoms with E-state index in [4.69, 9.17) is 0 Å². The van der Waals surface area contributed by atoms with Crippen LogP contribution in [-0.2, 0) is 0 Å². The summed E-state index contributed by atoms with van der Waals surface area (Å²) in [5, 5.41) is 6.12. The lowest BCUT2D eigenvalue weighted by molar-refractivity contribution is 0.0923. The predicted octanol–water partition coefficient (Wildman–Crippen LogP) is 2.68. The molecular weight excluding hydrogens is 226 g/mol. The maximum atomic E-state index is 12.0. The number of nitrogens with zero attached hydrogens (tertiary/aromatic N) is 1. The third kappa shape index (κ3) is 4.02.